The second-order valence-electron chi connectivity index (χ2n) is 3.17. The molecule has 0 aromatic carbocycles. The van der Waals surface area contributed by atoms with Gasteiger partial charge in [0.2, 0.25) is 0 Å². The van der Waals surface area contributed by atoms with Crippen molar-refractivity contribution in [3.05, 3.63) is 11.8 Å². The van der Waals surface area contributed by atoms with Crippen LogP contribution in [0.1, 0.15) is 26.2 Å². The van der Waals surface area contributed by atoms with E-state index in [0.717, 1.165) is 25.0 Å². The van der Waals surface area contributed by atoms with Gasteiger partial charge in [-0.05, 0) is 25.3 Å². The standard InChI is InChI=1S/C10H18O3/c1-2-12-7-5-10(11)9-4-3-6-13-8-9/h8,10-11H,2-7H2,1H3. The van der Waals surface area contributed by atoms with Crippen LogP contribution in [0.5, 0.6) is 0 Å². The van der Waals surface area contributed by atoms with Crippen LogP contribution in [0.25, 0.3) is 0 Å². The lowest BCUT2D eigenvalue weighted by Gasteiger charge is -2.18. The fourth-order valence-electron chi connectivity index (χ4n) is 1.35. The van der Waals surface area contributed by atoms with Gasteiger partial charge in [0.05, 0.1) is 19.0 Å². The molecule has 1 aliphatic rings. The first-order valence-corrected chi connectivity index (χ1v) is 4.91. The molecular weight excluding hydrogens is 168 g/mol. The van der Waals surface area contributed by atoms with Crippen molar-refractivity contribution in [2.45, 2.75) is 32.3 Å². The second kappa shape index (κ2) is 6.00. The van der Waals surface area contributed by atoms with Crippen LogP contribution in [0.15, 0.2) is 11.8 Å². The number of aliphatic hydroxyl groups is 1. The van der Waals surface area contributed by atoms with Gasteiger partial charge >= 0.3 is 0 Å². The molecule has 0 saturated carbocycles. The Hall–Kier alpha value is -0.540. The fourth-order valence-corrected chi connectivity index (χ4v) is 1.35. The van der Waals surface area contributed by atoms with Crippen molar-refractivity contribution in [2.24, 2.45) is 0 Å². The summed E-state index contributed by atoms with van der Waals surface area (Å²) in [4.78, 5) is 0. The van der Waals surface area contributed by atoms with Crippen LogP contribution in [0.3, 0.4) is 0 Å². The molecule has 0 amide bonds. The van der Waals surface area contributed by atoms with E-state index in [4.69, 9.17) is 9.47 Å². The highest BCUT2D eigenvalue weighted by atomic mass is 16.5. The molecule has 0 bridgehead atoms. The third-order valence-electron chi connectivity index (χ3n) is 2.13. The summed E-state index contributed by atoms with van der Waals surface area (Å²) in [6.07, 6.45) is 3.94. The van der Waals surface area contributed by atoms with Crippen LogP contribution < -0.4 is 0 Å². The topological polar surface area (TPSA) is 38.7 Å². The van der Waals surface area contributed by atoms with Crippen LogP contribution in [-0.4, -0.2) is 31.0 Å². The predicted molar refractivity (Wildman–Crippen MR) is 50.4 cm³/mol. The summed E-state index contributed by atoms with van der Waals surface area (Å²) < 4.78 is 10.3. The number of aliphatic hydroxyl groups excluding tert-OH is 1. The molecule has 76 valence electrons. The molecule has 0 radical (unpaired) electrons. The van der Waals surface area contributed by atoms with E-state index in [9.17, 15) is 5.11 Å². The molecule has 1 atom stereocenters. The van der Waals surface area contributed by atoms with Crippen LogP contribution in [0, 0.1) is 0 Å². The van der Waals surface area contributed by atoms with E-state index in [0.29, 0.717) is 19.6 Å². The van der Waals surface area contributed by atoms with E-state index < -0.39 is 0 Å². The van der Waals surface area contributed by atoms with Crippen molar-refractivity contribution in [3.8, 4) is 0 Å². The first-order chi connectivity index (χ1) is 6.34. The minimum atomic E-state index is -0.383. The third kappa shape index (κ3) is 3.79. The molecule has 1 N–H and O–H groups in total. The van der Waals surface area contributed by atoms with Gasteiger partial charge in [0.1, 0.15) is 0 Å². The summed E-state index contributed by atoms with van der Waals surface area (Å²) >= 11 is 0. The van der Waals surface area contributed by atoms with E-state index >= 15 is 0 Å². The zero-order valence-corrected chi connectivity index (χ0v) is 8.16. The third-order valence-corrected chi connectivity index (χ3v) is 2.13. The molecule has 0 fully saturated rings. The quantitative estimate of drug-likeness (QED) is 0.661. The summed E-state index contributed by atoms with van der Waals surface area (Å²) in [6.45, 7) is 4.06. The summed E-state index contributed by atoms with van der Waals surface area (Å²) in [7, 11) is 0. The minimum absolute atomic E-state index is 0.383. The maximum absolute atomic E-state index is 9.67. The second-order valence-corrected chi connectivity index (χ2v) is 3.17. The Labute approximate surface area is 79.3 Å². The van der Waals surface area contributed by atoms with Gasteiger partial charge in [-0.3, -0.25) is 0 Å². The number of hydrogen-bond acceptors (Lipinski definition) is 3. The highest BCUT2D eigenvalue weighted by molar-refractivity contribution is 5.06. The van der Waals surface area contributed by atoms with Gasteiger partial charge < -0.3 is 14.6 Å². The van der Waals surface area contributed by atoms with Gasteiger partial charge in [0, 0.05) is 19.6 Å². The summed E-state index contributed by atoms with van der Waals surface area (Å²) in [5, 5.41) is 9.67. The Kier molecular flexibility index (Phi) is 4.86. The van der Waals surface area contributed by atoms with Gasteiger partial charge in [-0.15, -0.1) is 0 Å². The predicted octanol–water partition coefficient (Wildman–Crippen LogP) is 1.47. The average molecular weight is 186 g/mol. The number of ether oxygens (including phenoxy) is 2. The van der Waals surface area contributed by atoms with Crippen molar-refractivity contribution < 1.29 is 14.6 Å². The maximum atomic E-state index is 9.67. The van der Waals surface area contributed by atoms with Crippen LogP contribution in [-0.2, 0) is 9.47 Å². The largest absolute Gasteiger partial charge is 0.501 e. The van der Waals surface area contributed by atoms with Crippen molar-refractivity contribution >= 4 is 0 Å². The summed E-state index contributed by atoms with van der Waals surface area (Å²) in [5.41, 5.74) is 1.01. The van der Waals surface area contributed by atoms with E-state index in [1.165, 1.54) is 0 Å². The van der Waals surface area contributed by atoms with E-state index in [1.807, 2.05) is 6.92 Å². The van der Waals surface area contributed by atoms with Crippen molar-refractivity contribution in [3.63, 3.8) is 0 Å². The summed E-state index contributed by atoms with van der Waals surface area (Å²) in [6, 6.07) is 0. The first kappa shape index (κ1) is 10.5. The molecule has 1 aliphatic heterocycles. The Morgan fingerprint density at radius 2 is 2.54 bits per heavy atom. The van der Waals surface area contributed by atoms with E-state index in [1.54, 1.807) is 6.26 Å². The Morgan fingerprint density at radius 3 is 3.15 bits per heavy atom. The van der Waals surface area contributed by atoms with Crippen molar-refractivity contribution in [1.82, 2.24) is 0 Å². The lowest BCUT2D eigenvalue weighted by atomic mass is 10.0. The molecule has 0 spiro atoms. The fraction of sp³-hybridized carbons (Fsp3) is 0.800. The average Bonchev–Trinajstić information content (AvgIpc) is 2.19. The Balaban J connectivity index is 2.21. The van der Waals surface area contributed by atoms with Gasteiger partial charge in [-0.25, -0.2) is 0 Å². The Morgan fingerprint density at radius 1 is 1.69 bits per heavy atom. The number of rotatable bonds is 5. The lowest BCUT2D eigenvalue weighted by molar-refractivity contribution is 0.0958. The monoisotopic (exact) mass is 186 g/mol. The van der Waals surface area contributed by atoms with Gasteiger partial charge in [0.15, 0.2) is 0 Å². The van der Waals surface area contributed by atoms with Gasteiger partial charge in [-0.1, -0.05) is 0 Å². The lowest BCUT2D eigenvalue weighted by Crippen LogP contribution is -2.16. The minimum Gasteiger partial charge on any atom is -0.501 e. The molecule has 0 aromatic rings. The highest BCUT2D eigenvalue weighted by Crippen LogP contribution is 2.17. The molecule has 1 heterocycles. The maximum Gasteiger partial charge on any atom is 0.0876 e. The van der Waals surface area contributed by atoms with Crippen LogP contribution >= 0.6 is 0 Å². The molecule has 0 aromatic heterocycles. The summed E-state index contributed by atoms with van der Waals surface area (Å²) in [5.74, 6) is 0. The smallest absolute Gasteiger partial charge is 0.0876 e. The SMILES string of the molecule is CCOCCC(O)C1=COCCC1. The van der Waals surface area contributed by atoms with Gasteiger partial charge in [-0.2, -0.15) is 0 Å². The molecule has 0 aliphatic carbocycles. The van der Waals surface area contributed by atoms with Crippen LogP contribution in [0.4, 0.5) is 0 Å². The first-order valence-electron chi connectivity index (χ1n) is 4.91. The molecule has 3 heteroatoms. The molecule has 3 nitrogen and oxygen atoms in total. The highest BCUT2D eigenvalue weighted by Gasteiger charge is 2.13. The molecule has 0 saturated heterocycles. The molecule has 13 heavy (non-hydrogen) atoms. The molecule has 1 rings (SSSR count). The molecular formula is C10H18O3. The van der Waals surface area contributed by atoms with Gasteiger partial charge in [0.25, 0.3) is 0 Å². The molecule has 1 unspecified atom stereocenters. The zero-order valence-electron chi connectivity index (χ0n) is 8.16. The number of hydrogen-bond donors (Lipinski definition) is 1. The van der Waals surface area contributed by atoms with Crippen LogP contribution in [0.2, 0.25) is 0 Å². The van der Waals surface area contributed by atoms with E-state index in [2.05, 4.69) is 0 Å². The van der Waals surface area contributed by atoms with Crippen molar-refractivity contribution in [2.75, 3.05) is 19.8 Å². The normalized spacial score (nSPS) is 19.1. The Bertz CT molecular complexity index is 166. The van der Waals surface area contributed by atoms with E-state index in [-0.39, 0.29) is 6.10 Å². The zero-order chi connectivity index (χ0) is 9.52. The van der Waals surface area contributed by atoms with Crippen molar-refractivity contribution in [1.29, 1.82) is 0 Å².